The first-order valence-corrected chi connectivity index (χ1v) is 26.7. The van der Waals surface area contributed by atoms with E-state index in [1.54, 1.807) is 49.4 Å². The monoisotopic (exact) mass is 1480 g/mol. The molecule has 10 N–H and O–H groups in total. The van der Waals surface area contributed by atoms with Crippen LogP contribution in [0, 0.1) is 46.6 Å². The summed E-state index contributed by atoms with van der Waals surface area (Å²) >= 11 is 0. The number of esters is 1. The Labute approximate surface area is 575 Å². The zero-order chi connectivity index (χ0) is 80.5. The van der Waals surface area contributed by atoms with Crippen LogP contribution in [-0.2, 0) is 45.4 Å². The number of ether oxygens (including phenoxy) is 3. The van der Waals surface area contributed by atoms with Crippen LogP contribution in [-0.4, -0.2) is 149 Å². The molecular formula is C60H56O44. The van der Waals surface area contributed by atoms with Crippen molar-refractivity contribution in [2.45, 2.75) is 54.1 Å². The van der Waals surface area contributed by atoms with Crippen LogP contribution < -0.4 is 0 Å². The van der Waals surface area contributed by atoms with Crippen LogP contribution in [0.2, 0.25) is 0 Å². The Hall–Kier alpha value is -14.8. The highest BCUT2D eigenvalue weighted by Crippen LogP contribution is 2.13. The minimum Gasteiger partial charge on any atom is -0.475 e. The summed E-state index contributed by atoms with van der Waals surface area (Å²) in [5.74, 6) is -10.6. The maximum absolute atomic E-state index is 10.4. The van der Waals surface area contributed by atoms with Gasteiger partial charge < -0.3 is 105 Å². The van der Waals surface area contributed by atoms with Crippen LogP contribution in [0.5, 0.6) is 0 Å². The smallest absolute Gasteiger partial charge is 0.371 e. The molecule has 0 aliphatic carbocycles. The van der Waals surface area contributed by atoms with Crippen LogP contribution in [0.15, 0.2) is 149 Å². The Balaban J connectivity index is -0.000000535. The number of carboxylic acid groups (broad SMARTS) is 9. The van der Waals surface area contributed by atoms with Gasteiger partial charge in [-0.15, -0.1) is 0 Å². The molecule has 0 atom stereocenters. The molecular weight excluding hydrogens is 1420 g/mol. The van der Waals surface area contributed by atoms with Crippen molar-refractivity contribution in [1.29, 1.82) is 0 Å². The van der Waals surface area contributed by atoms with Crippen LogP contribution >= 0.6 is 0 Å². The van der Waals surface area contributed by atoms with Gasteiger partial charge in [0.2, 0.25) is 51.8 Å². The van der Waals surface area contributed by atoms with Crippen LogP contribution in [0.25, 0.3) is 0 Å². The number of carbonyl (C=O) groups is 14. The molecule has 0 fully saturated rings. The predicted octanol–water partition coefficient (Wildman–Crippen LogP) is 9.26. The normalized spacial score (nSPS) is 8.97. The molecule has 44 nitrogen and oxygen atoms in total. The van der Waals surface area contributed by atoms with E-state index < -0.39 is 53.7 Å². The summed E-state index contributed by atoms with van der Waals surface area (Å²) in [5, 5.41) is 83.3. The fourth-order valence-electron chi connectivity index (χ4n) is 5.55. The van der Waals surface area contributed by atoms with Crippen molar-refractivity contribution >= 4 is 84.8 Å². The number of aliphatic hydroxyl groups is 1. The van der Waals surface area contributed by atoms with Gasteiger partial charge in [-0.05, 0) is 130 Å². The summed E-state index contributed by atoms with van der Waals surface area (Å²) in [6.07, 6.45) is 2.55. The molecule has 0 radical (unpaired) electrons. The van der Waals surface area contributed by atoms with Crippen molar-refractivity contribution in [1.82, 2.24) is 0 Å². The van der Waals surface area contributed by atoms with E-state index in [0.29, 0.717) is 86.1 Å². The van der Waals surface area contributed by atoms with E-state index in [0.717, 1.165) is 54.3 Å². The van der Waals surface area contributed by atoms with Crippen molar-refractivity contribution in [2.75, 3.05) is 13.2 Å². The Kier molecular flexibility index (Phi) is 51.7. The second-order valence-electron chi connectivity index (χ2n) is 16.7. The van der Waals surface area contributed by atoms with E-state index in [1.165, 1.54) is 25.1 Å². The van der Waals surface area contributed by atoms with Crippen molar-refractivity contribution in [3.05, 3.63) is 253 Å². The molecule has 0 amide bonds. The number of carboxylic acids is 9. The summed E-state index contributed by atoms with van der Waals surface area (Å²) in [4.78, 5) is 198. The number of hydrogen-bond acceptors (Lipinski definition) is 35. The van der Waals surface area contributed by atoms with Gasteiger partial charge >= 0.3 is 59.7 Å². The van der Waals surface area contributed by atoms with Crippen molar-refractivity contribution in [2.24, 2.45) is 0 Å². The summed E-state index contributed by atoms with van der Waals surface area (Å²) in [6.45, 7) is 8.78. The number of aromatic carboxylic acids is 9. The number of furan rings is 9. The first-order valence-electron chi connectivity index (χ1n) is 26.7. The third-order valence-corrected chi connectivity index (χ3v) is 9.73. The number of aliphatic hydroxyl groups excluding tert-OH is 1. The van der Waals surface area contributed by atoms with E-state index in [2.05, 4.69) is 22.4 Å². The summed E-state index contributed by atoms with van der Waals surface area (Å²) in [7, 11) is 0. The van der Waals surface area contributed by atoms with Crippen LogP contribution in [0.4, 0.5) is 0 Å². The van der Waals surface area contributed by atoms with Gasteiger partial charge in [-0.25, -0.2) is 43.2 Å². The summed E-state index contributed by atoms with van der Waals surface area (Å²) in [5.41, 5.74) is 0. The van der Waals surface area contributed by atoms with E-state index in [9.17, 15) is 67.1 Å². The molecule has 44 heteroatoms. The topological polar surface area (TPSA) is 724 Å². The number of hydrogen-bond donors (Lipinski definition) is 10. The SMILES string of the molecule is CC(=O)OCc1ccc(C=O)o1.CCOCc1ccc(C(=O)O)o1.CCOCc1ccc(C=O)o1.Cc1ccc(C=O)o1.O=C(O)c1ccc(C(=O)O)o1.O=C(O)c1ccc(C(=O)O)o1.O=C(O)c1ccc(C(=O)O)o1.O=C(O)c1ccc(C(=O)O)o1.O=Cc1ccc(CO)o1.O=O.O=O.O=O.O=O. The van der Waals surface area contributed by atoms with Gasteiger partial charge in [0.25, 0.3) is 0 Å². The molecule has 0 aliphatic heterocycles. The van der Waals surface area contributed by atoms with E-state index >= 15 is 0 Å². The lowest BCUT2D eigenvalue weighted by molar-refractivity contribution is -0.142. The number of aldehydes is 4. The lowest BCUT2D eigenvalue weighted by atomic mass is 10.4. The number of rotatable bonds is 22. The molecule has 0 spiro atoms. The van der Waals surface area contributed by atoms with Crippen LogP contribution in [0.1, 0.15) is 187 Å². The Morgan fingerprint density at radius 2 is 0.519 bits per heavy atom. The van der Waals surface area contributed by atoms with Gasteiger partial charge in [0.05, 0.1) is 0 Å². The molecule has 0 bridgehead atoms. The maximum Gasteiger partial charge on any atom is 0.371 e. The minimum absolute atomic E-state index is 0.0512. The average molecular weight is 1480 g/mol. The fourth-order valence-corrected chi connectivity index (χ4v) is 5.55. The highest BCUT2D eigenvalue weighted by atomic mass is 16.7. The second-order valence-corrected chi connectivity index (χ2v) is 16.7. The fraction of sp³-hybridized carbons (Fsp3) is 0.167. The van der Waals surface area contributed by atoms with Gasteiger partial charge in [0, 0.05) is 59.9 Å². The molecule has 0 saturated heterocycles. The zero-order valence-electron chi connectivity index (χ0n) is 53.3. The maximum atomic E-state index is 10.4. The van der Waals surface area contributed by atoms with Crippen molar-refractivity contribution < 1.29 is 172 Å². The lowest BCUT2D eigenvalue weighted by Gasteiger charge is -1.96. The predicted molar refractivity (Wildman–Crippen MR) is 336 cm³/mol. The molecule has 0 saturated carbocycles. The molecule has 9 aromatic heterocycles. The number of carbonyl (C=O) groups excluding carboxylic acids is 5. The van der Waals surface area contributed by atoms with Gasteiger partial charge in [-0.1, -0.05) is 0 Å². The molecule has 104 heavy (non-hydrogen) atoms. The van der Waals surface area contributed by atoms with Gasteiger partial charge in [-0.3, -0.25) is 24.0 Å². The largest absolute Gasteiger partial charge is 0.475 e. The van der Waals surface area contributed by atoms with Crippen molar-refractivity contribution in [3.8, 4) is 0 Å². The first kappa shape index (κ1) is 95.6. The zero-order valence-corrected chi connectivity index (χ0v) is 53.3. The highest BCUT2D eigenvalue weighted by Gasteiger charge is 2.16. The molecule has 0 aromatic carbocycles. The third kappa shape index (κ3) is 41.3. The highest BCUT2D eigenvalue weighted by molar-refractivity contribution is 5.91. The molecule has 9 aromatic rings. The average Bonchev–Trinajstić information content (AvgIpc) is 1.76. The third-order valence-electron chi connectivity index (χ3n) is 9.73. The molecule has 560 valence electrons. The Bertz CT molecular complexity index is 3670. The van der Waals surface area contributed by atoms with Gasteiger partial charge in [-0.2, -0.15) is 0 Å². The molecule has 9 rings (SSSR count). The number of aryl methyl sites for hydroxylation is 1. The molecule has 0 unspecified atom stereocenters. The standard InChI is InChI=1S/C8H8O4.C8H10O4.C8H10O3.4C6H4O5.C6H6O3.C6H6O2.4O2/c1-6(10)11-5-8-3-2-7(4-9)12-8;1-2-11-5-6-3-4-7(12-6)8(9)10;1-2-10-6-8-4-3-7(5-9)11-8;4*7-5(8)3-1-2-4(11-3)6(9)10;7-3-5-1-2-6(4-8)9-5;1-5-2-3-6(4-7)8-5;4*1-2/h2-4H,5H2,1H3;3-4H,2,5H2,1H3,(H,9,10);3-5H,2,6H2,1H3;4*1-2H,(H,7,8)(H,9,10);1-3,8H,4H2;2-4H,1H3;;;;. The quantitative estimate of drug-likeness (QED) is 0.0223. The molecule has 9 heterocycles. The van der Waals surface area contributed by atoms with Crippen LogP contribution in [0.3, 0.4) is 0 Å². The Morgan fingerprint density at radius 3 is 0.702 bits per heavy atom. The van der Waals surface area contributed by atoms with Gasteiger partial charge in [0.15, 0.2) is 48.2 Å². The van der Waals surface area contributed by atoms with E-state index in [-0.39, 0.29) is 82.5 Å². The van der Waals surface area contributed by atoms with E-state index in [4.69, 9.17) is 122 Å². The van der Waals surface area contributed by atoms with Crippen molar-refractivity contribution in [3.63, 3.8) is 0 Å². The Morgan fingerprint density at radius 1 is 0.308 bits per heavy atom. The summed E-state index contributed by atoms with van der Waals surface area (Å²) in [6, 6.07) is 24.7. The minimum atomic E-state index is -1.28. The second kappa shape index (κ2) is 56.2. The van der Waals surface area contributed by atoms with Gasteiger partial charge in [0.1, 0.15) is 55.2 Å². The first-order chi connectivity index (χ1) is 49.4. The van der Waals surface area contributed by atoms with E-state index in [1.807, 2.05) is 13.8 Å². The summed E-state index contributed by atoms with van der Waals surface area (Å²) < 4.78 is 56.9. The molecule has 0 aliphatic rings. The lowest BCUT2D eigenvalue weighted by Crippen LogP contribution is -1.97.